The van der Waals surface area contributed by atoms with Gasteiger partial charge in [-0.15, -0.1) is 23.8 Å². The summed E-state index contributed by atoms with van der Waals surface area (Å²) in [6.07, 6.45) is 2.86. The van der Waals surface area contributed by atoms with Crippen molar-refractivity contribution in [2.24, 2.45) is 5.92 Å². The molecule has 9 rings (SSSR count). The molecule has 0 spiro atoms. The molecule has 66 heavy (non-hydrogen) atoms. The Morgan fingerprint density at radius 2 is 1.23 bits per heavy atom. The summed E-state index contributed by atoms with van der Waals surface area (Å²) in [7, 11) is 0. The van der Waals surface area contributed by atoms with Crippen molar-refractivity contribution in [3.05, 3.63) is 192 Å². The van der Waals surface area contributed by atoms with Gasteiger partial charge in [-0.1, -0.05) is 187 Å². The number of phenolic OH excluding ortho intramolecular Hbond substituents is 1. The maximum absolute atomic E-state index is 12.1. The number of nitrogens with zero attached hydrogens (tertiary/aromatic N) is 3. The maximum Gasteiger partial charge on any atom is 0.148 e. The molecule has 0 aliphatic carbocycles. The molecule has 1 N–H and O–H groups in total. The number of para-hydroxylation sites is 1. The summed E-state index contributed by atoms with van der Waals surface area (Å²) in [6, 6.07) is 60.0. The molecular weight excluding hydrogens is 986 g/mol. The van der Waals surface area contributed by atoms with Crippen molar-refractivity contribution in [3.8, 4) is 78.6 Å². The molecule has 0 aliphatic heterocycles. The first-order valence-electron chi connectivity index (χ1n) is 22.9. The molecule has 5 heteroatoms. The Balaban J connectivity index is 0.00000592. The number of hydrogen-bond donors (Lipinski definition) is 1. The molecule has 0 fully saturated rings. The average Bonchev–Trinajstić information content (AvgIpc) is 3.69. The van der Waals surface area contributed by atoms with Crippen molar-refractivity contribution in [1.82, 2.24) is 14.5 Å². The minimum absolute atomic E-state index is 0. The molecule has 0 radical (unpaired) electrons. The van der Waals surface area contributed by atoms with E-state index >= 15 is 0 Å². The van der Waals surface area contributed by atoms with Crippen molar-refractivity contribution >= 4 is 11.0 Å². The maximum atomic E-state index is 12.1. The Labute approximate surface area is 405 Å². The van der Waals surface area contributed by atoms with Crippen LogP contribution in [0.4, 0.5) is 0 Å². The second kappa shape index (κ2) is 18.5. The van der Waals surface area contributed by atoms with Gasteiger partial charge < -0.3 is 5.11 Å². The molecule has 2 aromatic heterocycles. The first-order chi connectivity index (χ1) is 31.1. The summed E-state index contributed by atoms with van der Waals surface area (Å²) < 4.78 is 2.26. The zero-order valence-corrected chi connectivity index (χ0v) is 41.8. The van der Waals surface area contributed by atoms with Crippen LogP contribution in [0.25, 0.3) is 83.9 Å². The number of aromatic hydroxyl groups is 1. The molecule has 4 nitrogen and oxygen atoms in total. The van der Waals surface area contributed by atoms with E-state index in [4.69, 9.17) is 9.97 Å². The van der Waals surface area contributed by atoms with E-state index in [1.807, 2.05) is 13.1 Å². The van der Waals surface area contributed by atoms with Gasteiger partial charge in [0, 0.05) is 38.5 Å². The summed E-state index contributed by atoms with van der Waals surface area (Å²) in [5, 5.41) is 12.1. The van der Waals surface area contributed by atoms with E-state index in [1.54, 1.807) is 0 Å². The predicted octanol–water partition coefficient (Wildman–Crippen LogP) is 16.0. The van der Waals surface area contributed by atoms with Gasteiger partial charge in [0.2, 0.25) is 0 Å². The second-order valence-corrected chi connectivity index (χ2v) is 20.0. The number of rotatable bonds is 9. The molecule has 0 saturated heterocycles. The summed E-state index contributed by atoms with van der Waals surface area (Å²) in [4.78, 5) is 10.6. The Morgan fingerprint density at radius 1 is 0.576 bits per heavy atom. The third kappa shape index (κ3) is 9.35. The average molecular weight is 1040 g/mol. The van der Waals surface area contributed by atoms with Gasteiger partial charge >= 0.3 is 0 Å². The fourth-order valence-electron chi connectivity index (χ4n) is 8.92. The van der Waals surface area contributed by atoms with E-state index < -0.39 is 0 Å². The molecular formula is C61H58N3OPt-. The monoisotopic (exact) mass is 1040 g/mol. The Bertz CT molecular complexity index is 3170. The van der Waals surface area contributed by atoms with Crippen LogP contribution in [0.3, 0.4) is 0 Å². The third-order valence-electron chi connectivity index (χ3n) is 12.5. The van der Waals surface area contributed by atoms with Crippen LogP contribution in [0.5, 0.6) is 5.75 Å². The summed E-state index contributed by atoms with van der Waals surface area (Å²) in [5.41, 5.74) is 18.1. The summed E-state index contributed by atoms with van der Waals surface area (Å²) in [5.74, 6) is 1.41. The van der Waals surface area contributed by atoms with Gasteiger partial charge in [-0.3, -0.25) is 9.55 Å². The number of fused-ring (bicyclic) bond motifs is 1. The number of imidazole rings is 1. The Morgan fingerprint density at radius 3 is 1.89 bits per heavy atom. The number of phenols is 1. The summed E-state index contributed by atoms with van der Waals surface area (Å²) in [6.45, 7) is 19.9. The van der Waals surface area contributed by atoms with Crippen LogP contribution in [0.1, 0.15) is 77.6 Å². The van der Waals surface area contributed by atoms with Gasteiger partial charge in [-0.2, -0.15) is 0 Å². The van der Waals surface area contributed by atoms with Gasteiger partial charge in [-0.25, -0.2) is 4.98 Å². The Hall–Kier alpha value is -6.35. The van der Waals surface area contributed by atoms with Crippen LogP contribution >= 0.6 is 0 Å². The smallest absolute Gasteiger partial charge is 0.148 e. The zero-order valence-electron chi connectivity index (χ0n) is 39.5. The molecule has 334 valence electrons. The number of pyridine rings is 1. The van der Waals surface area contributed by atoms with Crippen LogP contribution in [0.15, 0.2) is 164 Å². The number of benzene rings is 7. The minimum atomic E-state index is -0.159. The molecule has 0 amide bonds. The fraction of sp³-hybridized carbons (Fsp3) is 0.213. The minimum Gasteiger partial charge on any atom is -0.507 e. The SMILES string of the molecule is Cc1cc(C(C)(C)C)cc(-c2nc3c(-c4[c-]c(-c5cc(-c6ccc(C(C)(C)C)cc6)ccn5)cc(-c5ccccc5)c4)cccc3n2-c2ccc(CC(C)C)cc2-c2ccccc2)c1O.[Pt]. The van der Waals surface area contributed by atoms with Crippen LogP contribution in [0.2, 0.25) is 0 Å². The quantitative estimate of drug-likeness (QED) is 0.147. The van der Waals surface area contributed by atoms with Crippen LogP contribution in [-0.2, 0) is 38.3 Å². The molecule has 0 aliphatic rings. The second-order valence-electron chi connectivity index (χ2n) is 20.0. The fourth-order valence-corrected chi connectivity index (χ4v) is 8.92. The number of aromatic nitrogens is 3. The first-order valence-corrected chi connectivity index (χ1v) is 22.9. The van der Waals surface area contributed by atoms with Crippen LogP contribution < -0.4 is 0 Å². The van der Waals surface area contributed by atoms with E-state index in [9.17, 15) is 5.11 Å². The molecule has 2 heterocycles. The predicted molar refractivity (Wildman–Crippen MR) is 273 cm³/mol. The number of aryl methyl sites for hydroxylation is 1. The molecule has 0 atom stereocenters. The van der Waals surface area contributed by atoms with Crippen molar-refractivity contribution in [3.63, 3.8) is 0 Å². The van der Waals surface area contributed by atoms with Gasteiger partial charge in [-0.05, 0) is 105 Å². The van der Waals surface area contributed by atoms with Gasteiger partial charge in [0.1, 0.15) is 11.6 Å². The molecule has 0 saturated carbocycles. The van der Waals surface area contributed by atoms with Gasteiger partial charge in [0.25, 0.3) is 0 Å². The van der Waals surface area contributed by atoms with Crippen molar-refractivity contribution in [2.75, 3.05) is 0 Å². The van der Waals surface area contributed by atoms with Crippen molar-refractivity contribution in [1.29, 1.82) is 0 Å². The van der Waals surface area contributed by atoms with Crippen molar-refractivity contribution < 1.29 is 26.2 Å². The largest absolute Gasteiger partial charge is 0.507 e. The molecule has 0 unspecified atom stereocenters. The topological polar surface area (TPSA) is 50.9 Å². The molecule has 0 bridgehead atoms. The standard InChI is InChI=1S/C61H58N3O.Pt/c1-39(2)31-41-23-28-55(52(33-41)44-19-14-11-15-20-44)64-56-22-16-21-51(57(56)63-59(64)53-38-50(61(7,8)9)32-40(3)58(53)65)47-34-46(42-17-12-10-13-18-42)35-48(36-47)54-37-45(29-30-62-54)43-24-26-49(27-25-43)60(4,5)6;/h10-30,32-35,37-39,65H,31H2,1-9H3;/q-1;. The van der Waals surface area contributed by atoms with E-state index in [1.165, 1.54) is 11.1 Å². The van der Waals surface area contributed by atoms with E-state index in [2.05, 4.69) is 224 Å². The Kier molecular flexibility index (Phi) is 12.9. The summed E-state index contributed by atoms with van der Waals surface area (Å²) >= 11 is 0. The van der Waals surface area contributed by atoms with E-state index in [0.29, 0.717) is 17.3 Å². The first kappa shape index (κ1) is 46.2. The molecule has 9 aromatic rings. The van der Waals surface area contributed by atoms with Crippen LogP contribution in [-0.4, -0.2) is 19.6 Å². The van der Waals surface area contributed by atoms with Crippen LogP contribution in [0, 0.1) is 18.9 Å². The zero-order chi connectivity index (χ0) is 45.6. The normalized spacial score (nSPS) is 11.8. The third-order valence-corrected chi connectivity index (χ3v) is 12.5. The number of hydrogen-bond acceptors (Lipinski definition) is 3. The van der Waals surface area contributed by atoms with Crippen molar-refractivity contribution in [2.45, 2.75) is 79.6 Å². The van der Waals surface area contributed by atoms with E-state index in [0.717, 1.165) is 90.0 Å². The van der Waals surface area contributed by atoms with Gasteiger partial charge in [0.15, 0.2) is 0 Å². The van der Waals surface area contributed by atoms with Gasteiger partial charge in [0.05, 0.1) is 22.3 Å². The van der Waals surface area contributed by atoms with E-state index in [-0.39, 0.29) is 37.6 Å². The molecule has 7 aromatic carbocycles.